The first kappa shape index (κ1) is 12.8. The van der Waals surface area contributed by atoms with Crippen LogP contribution in [0.15, 0.2) is 18.2 Å². The maximum Gasteiger partial charge on any atom is 0.124 e. The van der Waals surface area contributed by atoms with Crippen LogP contribution in [0.25, 0.3) is 0 Å². The van der Waals surface area contributed by atoms with Crippen LogP contribution in [0.3, 0.4) is 0 Å². The first-order valence-electron chi connectivity index (χ1n) is 6.38. The summed E-state index contributed by atoms with van der Waals surface area (Å²) in [5, 5.41) is 4.01. The minimum atomic E-state index is -0.250. The Morgan fingerprint density at radius 2 is 2.29 bits per heavy atom. The molecular weight excluding hydrogens is 237 g/mol. The number of nitrogens with one attached hydrogen (secondary N) is 1. The number of hydrogen-bond donors (Lipinski definition) is 1. The molecule has 1 fully saturated rings. The largest absolute Gasteiger partial charge is 0.316 e. The van der Waals surface area contributed by atoms with Gasteiger partial charge in [0.15, 0.2) is 0 Å². The van der Waals surface area contributed by atoms with Crippen molar-refractivity contribution in [1.29, 1.82) is 0 Å². The molecule has 0 aromatic heterocycles. The lowest BCUT2D eigenvalue weighted by atomic mass is 9.79. The van der Waals surface area contributed by atoms with Crippen LogP contribution in [0.1, 0.15) is 37.7 Å². The topological polar surface area (TPSA) is 12.0 Å². The van der Waals surface area contributed by atoms with E-state index in [4.69, 9.17) is 11.6 Å². The third kappa shape index (κ3) is 2.99. The predicted molar refractivity (Wildman–Crippen MR) is 70.0 cm³/mol. The summed E-state index contributed by atoms with van der Waals surface area (Å²) in [6.45, 7) is 4.28. The quantitative estimate of drug-likeness (QED) is 0.862. The molecule has 2 atom stereocenters. The van der Waals surface area contributed by atoms with Crippen molar-refractivity contribution in [1.82, 2.24) is 5.32 Å². The zero-order valence-electron chi connectivity index (χ0n) is 10.2. The molecule has 0 saturated carbocycles. The van der Waals surface area contributed by atoms with Gasteiger partial charge in [0.05, 0.1) is 0 Å². The van der Waals surface area contributed by atoms with Gasteiger partial charge >= 0.3 is 0 Å². The van der Waals surface area contributed by atoms with E-state index in [1.807, 2.05) is 6.07 Å². The Hall–Kier alpha value is -0.600. The highest BCUT2D eigenvalue weighted by Gasteiger charge is 2.27. The van der Waals surface area contributed by atoms with Crippen LogP contribution in [-0.2, 0) is 0 Å². The van der Waals surface area contributed by atoms with E-state index < -0.39 is 0 Å². The van der Waals surface area contributed by atoms with Crippen LogP contribution in [0.5, 0.6) is 0 Å². The number of piperidine rings is 1. The maximum absolute atomic E-state index is 13.1. The van der Waals surface area contributed by atoms with E-state index in [0.717, 1.165) is 25.1 Å². The number of benzene rings is 1. The van der Waals surface area contributed by atoms with Gasteiger partial charge in [0.1, 0.15) is 5.82 Å². The summed E-state index contributed by atoms with van der Waals surface area (Å²) >= 11 is 6.17. The smallest absolute Gasteiger partial charge is 0.124 e. The van der Waals surface area contributed by atoms with Crippen LogP contribution >= 0.6 is 11.6 Å². The standard InChI is InChI=1S/C14H19ClFN/c1-2-3-10-9-17-7-6-12(10)13-5-4-11(16)8-14(13)15/h4-5,8,10,12,17H,2-3,6-7,9H2,1H3. The molecule has 2 unspecified atom stereocenters. The first-order valence-corrected chi connectivity index (χ1v) is 6.75. The molecule has 1 saturated heterocycles. The van der Waals surface area contributed by atoms with E-state index >= 15 is 0 Å². The van der Waals surface area contributed by atoms with Crippen molar-refractivity contribution >= 4 is 11.6 Å². The zero-order valence-corrected chi connectivity index (χ0v) is 10.9. The van der Waals surface area contributed by atoms with Crippen molar-refractivity contribution in [3.63, 3.8) is 0 Å². The molecule has 1 nitrogen and oxygen atoms in total. The minimum Gasteiger partial charge on any atom is -0.316 e. The Morgan fingerprint density at radius 1 is 1.47 bits per heavy atom. The molecule has 3 heteroatoms. The average Bonchev–Trinajstić information content (AvgIpc) is 2.31. The highest BCUT2D eigenvalue weighted by molar-refractivity contribution is 6.31. The molecule has 1 aromatic carbocycles. The van der Waals surface area contributed by atoms with Gasteiger partial charge in [0, 0.05) is 5.02 Å². The average molecular weight is 256 g/mol. The van der Waals surface area contributed by atoms with Crippen molar-refractivity contribution in [2.45, 2.75) is 32.1 Å². The van der Waals surface area contributed by atoms with Crippen LogP contribution in [0, 0.1) is 11.7 Å². The van der Waals surface area contributed by atoms with E-state index in [1.165, 1.54) is 25.0 Å². The van der Waals surface area contributed by atoms with Crippen LogP contribution < -0.4 is 5.32 Å². The molecule has 94 valence electrons. The second-order valence-electron chi connectivity index (χ2n) is 4.81. The molecule has 1 aliphatic rings. The van der Waals surface area contributed by atoms with Gasteiger partial charge in [-0.25, -0.2) is 4.39 Å². The third-order valence-corrected chi connectivity index (χ3v) is 3.96. The second-order valence-corrected chi connectivity index (χ2v) is 5.22. The molecule has 2 rings (SSSR count). The molecule has 1 aromatic rings. The molecule has 0 amide bonds. The van der Waals surface area contributed by atoms with E-state index in [0.29, 0.717) is 16.9 Å². The van der Waals surface area contributed by atoms with E-state index in [1.54, 1.807) is 0 Å². The van der Waals surface area contributed by atoms with Crippen LogP contribution in [-0.4, -0.2) is 13.1 Å². The summed E-state index contributed by atoms with van der Waals surface area (Å²) in [6, 6.07) is 4.81. The normalized spacial score (nSPS) is 24.9. The lowest BCUT2D eigenvalue weighted by molar-refractivity contribution is 0.306. The van der Waals surface area contributed by atoms with Crippen molar-refractivity contribution in [2.75, 3.05) is 13.1 Å². The lowest BCUT2D eigenvalue weighted by Gasteiger charge is -2.33. The van der Waals surface area contributed by atoms with E-state index in [-0.39, 0.29) is 5.82 Å². The number of rotatable bonds is 3. The zero-order chi connectivity index (χ0) is 12.3. The van der Waals surface area contributed by atoms with E-state index in [9.17, 15) is 4.39 Å². The minimum absolute atomic E-state index is 0.250. The van der Waals surface area contributed by atoms with Gasteiger partial charge in [-0.3, -0.25) is 0 Å². The number of hydrogen-bond acceptors (Lipinski definition) is 1. The van der Waals surface area contributed by atoms with Crippen molar-refractivity contribution in [3.05, 3.63) is 34.6 Å². The molecular formula is C14H19ClFN. The fraction of sp³-hybridized carbons (Fsp3) is 0.571. The highest BCUT2D eigenvalue weighted by Crippen LogP contribution is 2.36. The molecule has 0 bridgehead atoms. The van der Waals surface area contributed by atoms with Crippen molar-refractivity contribution in [2.24, 2.45) is 5.92 Å². The summed E-state index contributed by atoms with van der Waals surface area (Å²) in [6.07, 6.45) is 3.48. The van der Waals surface area contributed by atoms with Crippen molar-refractivity contribution < 1.29 is 4.39 Å². The Kier molecular flexibility index (Phi) is 4.41. The summed E-state index contributed by atoms with van der Waals surface area (Å²) < 4.78 is 13.1. The molecule has 1 aliphatic heterocycles. The predicted octanol–water partition coefficient (Wildman–Crippen LogP) is 3.97. The summed E-state index contributed by atoms with van der Waals surface area (Å²) in [4.78, 5) is 0. The van der Waals surface area contributed by atoms with Gasteiger partial charge in [-0.1, -0.05) is 31.0 Å². The SMILES string of the molecule is CCCC1CNCCC1c1ccc(F)cc1Cl. The van der Waals surface area contributed by atoms with Gasteiger partial charge < -0.3 is 5.32 Å². The van der Waals surface area contributed by atoms with Gasteiger partial charge in [-0.2, -0.15) is 0 Å². The van der Waals surface area contributed by atoms with Crippen LogP contribution in [0.4, 0.5) is 4.39 Å². The van der Waals surface area contributed by atoms with Gasteiger partial charge in [0.2, 0.25) is 0 Å². The molecule has 1 heterocycles. The molecule has 1 N–H and O–H groups in total. The van der Waals surface area contributed by atoms with Crippen molar-refractivity contribution in [3.8, 4) is 0 Å². The summed E-state index contributed by atoms with van der Waals surface area (Å²) in [5.41, 5.74) is 1.12. The summed E-state index contributed by atoms with van der Waals surface area (Å²) in [5.74, 6) is 0.848. The summed E-state index contributed by atoms with van der Waals surface area (Å²) in [7, 11) is 0. The molecule has 0 aliphatic carbocycles. The van der Waals surface area contributed by atoms with Gasteiger partial charge in [-0.15, -0.1) is 0 Å². The second kappa shape index (κ2) is 5.83. The first-order chi connectivity index (χ1) is 8.22. The fourth-order valence-electron chi connectivity index (χ4n) is 2.81. The number of halogens is 2. The van der Waals surface area contributed by atoms with Crippen LogP contribution in [0.2, 0.25) is 5.02 Å². The Labute approximate surface area is 107 Å². The Balaban J connectivity index is 2.23. The Morgan fingerprint density at radius 3 is 3.00 bits per heavy atom. The Bertz CT molecular complexity index is 378. The maximum atomic E-state index is 13.1. The molecule has 17 heavy (non-hydrogen) atoms. The van der Waals surface area contributed by atoms with Gasteiger partial charge in [0.25, 0.3) is 0 Å². The van der Waals surface area contributed by atoms with E-state index in [2.05, 4.69) is 12.2 Å². The monoisotopic (exact) mass is 255 g/mol. The third-order valence-electron chi connectivity index (χ3n) is 3.63. The highest BCUT2D eigenvalue weighted by atomic mass is 35.5. The lowest BCUT2D eigenvalue weighted by Crippen LogP contribution is -2.35. The molecule has 0 radical (unpaired) electrons. The molecule has 0 spiro atoms. The fourth-order valence-corrected chi connectivity index (χ4v) is 3.12. The van der Waals surface area contributed by atoms with Gasteiger partial charge in [-0.05, 0) is 55.5 Å².